The highest BCUT2D eigenvalue weighted by molar-refractivity contribution is 7.89. The Labute approximate surface area is 92.5 Å². The number of sulfonamides is 1. The van der Waals surface area contributed by atoms with Gasteiger partial charge in [-0.1, -0.05) is 0 Å². The standard InChI is InChI=1S/C9H21N3O2S/c1-11(2)6-7-12(3)15(13,14)9-4-5-10-8-9/h9-10H,4-8H2,1-3H3. The van der Waals surface area contributed by atoms with Gasteiger partial charge >= 0.3 is 0 Å². The highest BCUT2D eigenvalue weighted by Gasteiger charge is 2.31. The van der Waals surface area contributed by atoms with E-state index in [1.807, 2.05) is 19.0 Å². The van der Waals surface area contributed by atoms with Crippen molar-refractivity contribution in [1.82, 2.24) is 14.5 Å². The maximum absolute atomic E-state index is 12.0. The second-order valence-electron chi connectivity index (χ2n) is 4.28. The Balaban J connectivity index is 2.52. The van der Waals surface area contributed by atoms with E-state index in [0.717, 1.165) is 19.5 Å². The Kier molecular flexibility index (Phi) is 4.51. The van der Waals surface area contributed by atoms with Crippen LogP contribution in [0.2, 0.25) is 0 Å². The lowest BCUT2D eigenvalue weighted by Crippen LogP contribution is -2.40. The van der Waals surface area contributed by atoms with E-state index in [-0.39, 0.29) is 5.25 Å². The summed E-state index contributed by atoms with van der Waals surface area (Å²) in [4.78, 5) is 1.99. The maximum atomic E-state index is 12.0. The molecule has 1 atom stereocenters. The number of hydrogen-bond donors (Lipinski definition) is 1. The molecular weight excluding hydrogens is 214 g/mol. The Bertz CT molecular complexity index is 284. The lowest BCUT2D eigenvalue weighted by Gasteiger charge is -2.22. The van der Waals surface area contributed by atoms with E-state index in [0.29, 0.717) is 13.1 Å². The highest BCUT2D eigenvalue weighted by Crippen LogP contribution is 2.13. The molecule has 1 N–H and O–H groups in total. The van der Waals surface area contributed by atoms with Gasteiger partial charge in [0, 0.05) is 26.7 Å². The molecule has 5 nitrogen and oxygen atoms in total. The number of hydrogen-bond acceptors (Lipinski definition) is 4. The number of rotatable bonds is 5. The van der Waals surface area contributed by atoms with Gasteiger partial charge in [-0.25, -0.2) is 12.7 Å². The predicted molar refractivity (Wildman–Crippen MR) is 61.4 cm³/mol. The summed E-state index contributed by atoms with van der Waals surface area (Å²) < 4.78 is 25.5. The van der Waals surface area contributed by atoms with Gasteiger partial charge < -0.3 is 10.2 Å². The molecule has 0 aromatic carbocycles. The van der Waals surface area contributed by atoms with Crippen molar-refractivity contribution in [1.29, 1.82) is 0 Å². The second-order valence-corrected chi connectivity index (χ2v) is 6.60. The molecule has 1 unspecified atom stereocenters. The fraction of sp³-hybridized carbons (Fsp3) is 1.00. The molecule has 1 fully saturated rings. The first-order valence-corrected chi connectivity index (χ1v) is 6.75. The summed E-state index contributed by atoms with van der Waals surface area (Å²) in [6, 6.07) is 0. The van der Waals surface area contributed by atoms with E-state index in [1.165, 1.54) is 4.31 Å². The van der Waals surface area contributed by atoms with Crippen LogP contribution in [0.5, 0.6) is 0 Å². The molecule has 6 heteroatoms. The minimum Gasteiger partial charge on any atom is -0.315 e. The Morgan fingerprint density at radius 3 is 2.40 bits per heavy atom. The van der Waals surface area contributed by atoms with Crippen molar-refractivity contribution < 1.29 is 8.42 Å². The molecule has 0 bridgehead atoms. The van der Waals surface area contributed by atoms with E-state index in [2.05, 4.69) is 5.32 Å². The van der Waals surface area contributed by atoms with Crippen molar-refractivity contribution >= 4 is 10.0 Å². The molecule has 1 rings (SSSR count). The molecule has 90 valence electrons. The normalized spacial score (nSPS) is 22.9. The molecule has 0 radical (unpaired) electrons. The monoisotopic (exact) mass is 235 g/mol. The average molecular weight is 235 g/mol. The third kappa shape index (κ3) is 3.41. The van der Waals surface area contributed by atoms with Crippen LogP contribution < -0.4 is 5.32 Å². The summed E-state index contributed by atoms with van der Waals surface area (Å²) in [6.07, 6.45) is 0.731. The number of nitrogens with one attached hydrogen (secondary N) is 1. The van der Waals surface area contributed by atoms with E-state index in [4.69, 9.17) is 0 Å². The topological polar surface area (TPSA) is 52.7 Å². The molecule has 1 aliphatic rings. The fourth-order valence-corrected chi connectivity index (χ4v) is 3.19. The summed E-state index contributed by atoms with van der Waals surface area (Å²) in [7, 11) is 2.46. The van der Waals surface area contributed by atoms with Crippen molar-refractivity contribution in [3.8, 4) is 0 Å². The van der Waals surface area contributed by atoms with Gasteiger partial charge in [-0.15, -0.1) is 0 Å². The van der Waals surface area contributed by atoms with Crippen LogP contribution in [-0.4, -0.2) is 70.2 Å². The van der Waals surface area contributed by atoms with Gasteiger partial charge in [0.15, 0.2) is 0 Å². The van der Waals surface area contributed by atoms with E-state index < -0.39 is 10.0 Å². The summed E-state index contributed by atoms with van der Waals surface area (Å²) in [5.41, 5.74) is 0. The van der Waals surface area contributed by atoms with Crippen LogP contribution in [-0.2, 0) is 10.0 Å². The smallest absolute Gasteiger partial charge is 0.218 e. The minimum atomic E-state index is -3.09. The van der Waals surface area contributed by atoms with Crippen LogP contribution in [0.4, 0.5) is 0 Å². The van der Waals surface area contributed by atoms with Gasteiger partial charge in [0.25, 0.3) is 0 Å². The molecule has 0 aromatic heterocycles. The van der Waals surface area contributed by atoms with Crippen LogP contribution in [0.25, 0.3) is 0 Å². The zero-order valence-electron chi connectivity index (χ0n) is 9.73. The van der Waals surface area contributed by atoms with Gasteiger partial charge in [0.1, 0.15) is 0 Å². The molecule has 0 aromatic rings. The molecule has 1 saturated heterocycles. The fourth-order valence-electron chi connectivity index (χ4n) is 1.60. The molecule has 1 aliphatic heterocycles. The van der Waals surface area contributed by atoms with Crippen LogP contribution in [0, 0.1) is 0 Å². The number of likely N-dealkylation sites (N-methyl/N-ethyl adjacent to an activating group) is 2. The minimum absolute atomic E-state index is 0.232. The highest BCUT2D eigenvalue weighted by atomic mass is 32.2. The van der Waals surface area contributed by atoms with Gasteiger partial charge in [-0.2, -0.15) is 0 Å². The summed E-state index contributed by atoms with van der Waals surface area (Å²) in [6.45, 7) is 2.72. The zero-order chi connectivity index (χ0) is 11.5. The lowest BCUT2D eigenvalue weighted by atomic mass is 10.4. The molecule has 15 heavy (non-hydrogen) atoms. The van der Waals surface area contributed by atoms with Crippen molar-refractivity contribution in [2.75, 3.05) is 47.3 Å². The largest absolute Gasteiger partial charge is 0.315 e. The first-order valence-electron chi connectivity index (χ1n) is 5.25. The first-order chi connectivity index (χ1) is 6.94. The van der Waals surface area contributed by atoms with E-state index in [1.54, 1.807) is 7.05 Å². The molecular formula is C9H21N3O2S. The Morgan fingerprint density at radius 1 is 1.27 bits per heavy atom. The summed E-state index contributed by atoms with van der Waals surface area (Å²) >= 11 is 0. The van der Waals surface area contributed by atoms with Crippen LogP contribution >= 0.6 is 0 Å². The van der Waals surface area contributed by atoms with Crippen molar-refractivity contribution in [2.45, 2.75) is 11.7 Å². The third-order valence-corrected chi connectivity index (χ3v) is 5.03. The maximum Gasteiger partial charge on any atom is 0.218 e. The second kappa shape index (κ2) is 5.25. The average Bonchev–Trinajstić information content (AvgIpc) is 2.66. The van der Waals surface area contributed by atoms with Gasteiger partial charge in [-0.05, 0) is 27.1 Å². The van der Waals surface area contributed by atoms with E-state index >= 15 is 0 Å². The molecule has 0 spiro atoms. The van der Waals surface area contributed by atoms with Crippen LogP contribution in [0.15, 0.2) is 0 Å². The Morgan fingerprint density at radius 2 is 1.93 bits per heavy atom. The predicted octanol–water partition coefficient (Wildman–Crippen LogP) is -0.828. The van der Waals surface area contributed by atoms with Crippen LogP contribution in [0.1, 0.15) is 6.42 Å². The Hall–Kier alpha value is -0.170. The summed E-state index contributed by atoms with van der Waals surface area (Å²) in [5.74, 6) is 0. The molecule has 0 aliphatic carbocycles. The lowest BCUT2D eigenvalue weighted by molar-refractivity contribution is 0.356. The van der Waals surface area contributed by atoms with Crippen molar-refractivity contribution in [2.24, 2.45) is 0 Å². The molecule has 0 saturated carbocycles. The summed E-state index contributed by atoms with van der Waals surface area (Å²) in [5, 5.41) is 2.85. The van der Waals surface area contributed by atoms with Gasteiger partial charge in [-0.3, -0.25) is 0 Å². The van der Waals surface area contributed by atoms with E-state index in [9.17, 15) is 8.42 Å². The van der Waals surface area contributed by atoms with Crippen molar-refractivity contribution in [3.63, 3.8) is 0 Å². The van der Waals surface area contributed by atoms with Gasteiger partial charge in [0.2, 0.25) is 10.0 Å². The molecule has 0 amide bonds. The SMILES string of the molecule is CN(C)CCN(C)S(=O)(=O)C1CCNC1. The van der Waals surface area contributed by atoms with Crippen molar-refractivity contribution in [3.05, 3.63) is 0 Å². The molecule has 1 heterocycles. The number of nitrogens with zero attached hydrogens (tertiary/aromatic N) is 2. The first kappa shape index (κ1) is 12.9. The third-order valence-electron chi connectivity index (χ3n) is 2.73. The zero-order valence-corrected chi connectivity index (χ0v) is 10.5. The van der Waals surface area contributed by atoms with Crippen LogP contribution in [0.3, 0.4) is 0 Å². The van der Waals surface area contributed by atoms with Gasteiger partial charge in [0.05, 0.1) is 5.25 Å². The quantitative estimate of drug-likeness (QED) is 0.676.